The van der Waals surface area contributed by atoms with Gasteiger partial charge in [0.15, 0.2) is 5.65 Å². The van der Waals surface area contributed by atoms with E-state index in [-0.39, 0.29) is 27.5 Å². The van der Waals surface area contributed by atoms with Gasteiger partial charge in [-0.2, -0.15) is 5.26 Å². The van der Waals surface area contributed by atoms with Gasteiger partial charge in [-0.05, 0) is 25.1 Å². The number of nitrogens with zero attached hydrogens (tertiary/aromatic N) is 4. The summed E-state index contributed by atoms with van der Waals surface area (Å²) in [7, 11) is 0. The second-order valence-electron chi connectivity index (χ2n) is 4.59. The molecular formula is C15H8ClFN4O. The van der Waals surface area contributed by atoms with Crippen molar-refractivity contribution in [3.63, 3.8) is 0 Å². The summed E-state index contributed by atoms with van der Waals surface area (Å²) in [6, 6.07) is 5.89. The van der Waals surface area contributed by atoms with Gasteiger partial charge in [0.2, 0.25) is 0 Å². The summed E-state index contributed by atoms with van der Waals surface area (Å²) < 4.78 is 15.4. The number of hydrogen-bond donors (Lipinski definition) is 0. The lowest BCUT2D eigenvalue weighted by Gasteiger charge is -2.08. The van der Waals surface area contributed by atoms with Gasteiger partial charge in [-0.1, -0.05) is 11.6 Å². The molecule has 2 heterocycles. The molecule has 108 valence electrons. The van der Waals surface area contributed by atoms with Gasteiger partial charge >= 0.3 is 0 Å². The fraction of sp³-hybridized carbons (Fsp3) is 0.0667. The molecule has 0 unspecified atom stereocenters. The van der Waals surface area contributed by atoms with Crippen molar-refractivity contribution in [2.24, 2.45) is 0 Å². The van der Waals surface area contributed by atoms with Gasteiger partial charge in [0.25, 0.3) is 5.56 Å². The summed E-state index contributed by atoms with van der Waals surface area (Å²) in [5.74, 6) is -0.610. The van der Waals surface area contributed by atoms with Crippen molar-refractivity contribution in [3.05, 3.63) is 63.0 Å². The Balaban J connectivity index is 2.38. The van der Waals surface area contributed by atoms with Crippen LogP contribution in [0.5, 0.6) is 0 Å². The van der Waals surface area contributed by atoms with E-state index in [9.17, 15) is 9.18 Å². The number of fused-ring (bicyclic) bond motifs is 1. The minimum Gasteiger partial charge on any atom is -0.267 e. The van der Waals surface area contributed by atoms with E-state index in [0.717, 1.165) is 6.07 Å². The summed E-state index contributed by atoms with van der Waals surface area (Å²) in [5, 5.41) is 8.80. The van der Waals surface area contributed by atoms with Crippen molar-refractivity contribution in [2.75, 3.05) is 0 Å². The minimum atomic E-state index is -0.610. The second kappa shape index (κ2) is 5.20. The Labute approximate surface area is 129 Å². The van der Waals surface area contributed by atoms with E-state index in [1.165, 1.54) is 28.9 Å². The Kier molecular flexibility index (Phi) is 3.35. The van der Waals surface area contributed by atoms with Crippen LogP contribution in [0.4, 0.5) is 4.39 Å². The quantitative estimate of drug-likeness (QED) is 0.692. The standard InChI is InChI=1S/C15H8ClFN4O/c1-8-12(16)15(22)21-5-4-19-13(14(21)20-8)10-3-2-9(7-18)6-11(10)17/h2-6H,1H3. The Morgan fingerprint density at radius 3 is 2.86 bits per heavy atom. The van der Waals surface area contributed by atoms with Gasteiger partial charge in [0.05, 0.1) is 17.3 Å². The third-order valence-electron chi connectivity index (χ3n) is 3.21. The van der Waals surface area contributed by atoms with Crippen LogP contribution in [-0.4, -0.2) is 14.4 Å². The average Bonchev–Trinajstić information content (AvgIpc) is 2.52. The molecule has 0 saturated carbocycles. The van der Waals surface area contributed by atoms with Crippen LogP contribution in [-0.2, 0) is 0 Å². The van der Waals surface area contributed by atoms with Crippen LogP contribution in [0.1, 0.15) is 11.3 Å². The van der Waals surface area contributed by atoms with Crippen molar-refractivity contribution < 1.29 is 4.39 Å². The zero-order chi connectivity index (χ0) is 15.9. The Morgan fingerprint density at radius 2 is 2.18 bits per heavy atom. The van der Waals surface area contributed by atoms with Crippen molar-refractivity contribution in [1.29, 1.82) is 5.26 Å². The molecule has 3 aromatic rings. The second-order valence-corrected chi connectivity index (χ2v) is 4.97. The van der Waals surface area contributed by atoms with Crippen LogP contribution in [0.2, 0.25) is 5.02 Å². The van der Waals surface area contributed by atoms with E-state index in [4.69, 9.17) is 16.9 Å². The predicted molar refractivity (Wildman–Crippen MR) is 79.1 cm³/mol. The van der Waals surface area contributed by atoms with Crippen LogP contribution < -0.4 is 5.56 Å². The summed E-state index contributed by atoms with van der Waals surface area (Å²) in [6.07, 6.45) is 2.79. The van der Waals surface area contributed by atoms with Gasteiger partial charge in [-0.3, -0.25) is 14.2 Å². The molecular weight excluding hydrogens is 307 g/mol. The Bertz CT molecular complexity index is 1010. The van der Waals surface area contributed by atoms with Crippen LogP contribution >= 0.6 is 11.6 Å². The lowest BCUT2D eigenvalue weighted by Crippen LogP contribution is -2.17. The SMILES string of the molecule is Cc1nc2c(-c3ccc(C#N)cc3F)nccn2c(=O)c1Cl. The molecule has 0 aliphatic carbocycles. The van der Waals surface area contributed by atoms with Gasteiger partial charge < -0.3 is 0 Å². The van der Waals surface area contributed by atoms with Crippen LogP contribution in [0, 0.1) is 24.1 Å². The molecule has 0 saturated heterocycles. The number of aromatic nitrogens is 3. The molecule has 0 aliphatic rings. The first kappa shape index (κ1) is 14.2. The zero-order valence-electron chi connectivity index (χ0n) is 11.3. The number of hydrogen-bond acceptors (Lipinski definition) is 4. The third-order valence-corrected chi connectivity index (χ3v) is 3.65. The molecule has 5 nitrogen and oxygen atoms in total. The smallest absolute Gasteiger partial charge is 0.267 e. The highest BCUT2D eigenvalue weighted by Gasteiger charge is 2.15. The van der Waals surface area contributed by atoms with E-state index in [1.54, 1.807) is 6.92 Å². The molecule has 2 aromatic heterocycles. The van der Waals surface area contributed by atoms with Crippen LogP contribution in [0.3, 0.4) is 0 Å². The predicted octanol–water partition coefficient (Wildman–Crippen LogP) is 2.73. The molecule has 0 N–H and O–H groups in total. The van der Waals surface area contributed by atoms with Gasteiger partial charge in [-0.25, -0.2) is 9.37 Å². The van der Waals surface area contributed by atoms with E-state index in [0.29, 0.717) is 5.69 Å². The van der Waals surface area contributed by atoms with Crippen molar-refractivity contribution in [1.82, 2.24) is 14.4 Å². The summed E-state index contributed by atoms with van der Waals surface area (Å²) >= 11 is 5.90. The zero-order valence-corrected chi connectivity index (χ0v) is 12.1. The topological polar surface area (TPSA) is 71.1 Å². The first-order chi connectivity index (χ1) is 10.5. The number of benzene rings is 1. The molecule has 1 aromatic carbocycles. The molecule has 0 spiro atoms. The number of aryl methyl sites for hydroxylation is 1. The lowest BCUT2D eigenvalue weighted by molar-refractivity contribution is 0.630. The van der Waals surface area contributed by atoms with Gasteiger partial charge in [0, 0.05) is 18.0 Å². The van der Waals surface area contributed by atoms with E-state index in [1.807, 2.05) is 6.07 Å². The number of rotatable bonds is 1. The molecule has 0 atom stereocenters. The van der Waals surface area contributed by atoms with Gasteiger partial charge in [-0.15, -0.1) is 0 Å². The largest absolute Gasteiger partial charge is 0.277 e. The molecule has 0 amide bonds. The highest BCUT2D eigenvalue weighted by Crippen LogP contribution is 2.25. The Morgan fingerprint density at radius 1 is 1.41 bits per heavy atom. The maximum absolute atomic E-state index is 14.2. The maximum Gasteiger partial charge on any atom is 0.277 e. The van der Waals surface area contributed by atoms with Gasteiger partial charge in [0.1, 0.15) is 16.5 Å². The van der Waals surface area contributed by atoms with Crippen LogP contribution in [0.15, 0.2) is 35.4 Å². The van der Waals surface area contributed by atoms with E-state index in [2.05, 4.69) is 9.97 Å². The van der Waals surface area contributed by atoms with Crippen molar-refractivity contribution >= 4 is 17.2 Å². The van der Waals surface area contributed by atoms with Crippen molar-refractivity contribution in [3.8, 4) is 17.3 Å². The molecule has 7 heteroatoms. The number of halogens is 2. The summed E-state index contributed by atoms with van der Waals surface area (Å²) in [6.45, 7) is 1.59. The first-order valence-corrected chi connectivity index (χ1v) is 6.64. The fourth-order valence-electron chi connectivity index (χ4n) is 2.12. The molecule has 22 heavy (non-hydrogen) atoms. The van der Waals surface area contributed by atoms with E-state index < -0.39 is 11.4 Å². The first-order valence-electron chi connectivity index (χ1n) is 6.26. The maximum atomic E-state index is 14.2. The molecule has 0 bridgehead atoms. The number of nitriles is 1. The molecule has 3 rings (SSSR count). The van der Waals surface area contributed by atoms with E-state index >= 15 is 0 Å². The highest BCUT2D eigenvalue weighted by atomic mass is 35.5. The van der Waals surface area contributed by atoms with Crippen molar-refractivity contribution in [2.45, 2.75) is 6.92 Å². The highest BCUT2D eigenvalue weighted by molar-refractivity contribution is 6.31. The lowest BCUT2D eigenvalue weighted by atomic mass is 10.1. The van der Waals surface area contributed by atoms with Crippen LogP contribution in [0.25, 0.3) is 16.9 Å². The monoisotopic (exact) mass is 314 g/mol. The summed E-state index contributed by atoms with van der Waals surface area (Å²) in [4.78, 5) is 20.5. The normalized spacial score (nSPS) is 10.6. The molecule has 0 aliphatic heterocycles. The third kappa shape index (κ3) is 2.12. The average molecular weight is 315 g/mol. The molecule has 0 radical (unpaired) electrons. The minimum absolute atomic E-state index is 0.00921. The summed E-state index contributed by atoms with van der Waals surface area (Å²) in [5.41, 5.74) is 0.674. The molecule has 0 fully saturated rings. The Hall–Kier alpha value is -2.78. The fourth-order valence-corrected chi connectivity index (χ4v) is 2.26.